The lowest BCUT2D eigenvalue weighted by Crippen LogP contribution is -2.60. The minimum Gasteiger partial charge on any atom is -0.394 e. The van der Waals surface area contributed by atoms with Crippen molar-refractivity contribution in [3.63, 3.8) is 0 Å². The number of hydrogen-bond donors (Lipinski definition) is 6. The first-order chi connectivity index (χ1) is 26.8. The number of aliphatic hydroxyl groups is 5. The van der Waals surface area contributed by atoms with Crippen LogP contribution in [0.25, 0.3) is 0 Å². The van der Waals surface area contributed by atoms with Crippen LogP contribution in [0.15, 0.2) is 48.6 Å². The summed E-state index contributed by atoms with van der Waals surface area (Å²) in [5.41, 5.74) is 0. The average Bonchev–Trinajstić information content (AvgIpc) is 3.18. The van der Waals surface area contributed by atoms with Crippen molar-refractivity contribution in [3.8, 4) is 0 Å². The Morgan fingerprint density at radius 3 is 1.67 bits per heavy atom. The van der Waals surface area contributed by atoms with Gasteiger partial charge in [0.1, 0.15) is 24.4 Å². The van der Waals surface area contributed by atoms with E-state index in [1.807, 2.05) is 0 Å². The summed E-state index contributed by atoms with van der Waals surface area (Å²) in [6, 6.07) is -0.732. The lowest BCUT2D eigenvalue weighted by molar-refractivity contribution is -0.302. The molecule has 0 aromatic rings. The lowest BCUT2D eigenvalue weighted by atomic mass is 9.99. The molecule has 6 N–H and O–H groups in total. The number of unbranched alkanes of at least 4 members (excludes halogenated alkanes) is 18. The monoisotopic (exact) mass is 778 g/mol. The van der Waals surface area contributed by atoms with Gasteiger partial charge in [0.05, 0.1) is 25.4 Å². The van der Waals surface area contributed by atoms with E-state index in [0.29, 0.717) is 12.8 Å². The van der Waals surface area contributed by atoms with E-state index in [-0.39, 0.29) is 12.5 Å². The van der Waals surface area contributed by atoms with Crippen LogP contribution in [-0.2, 0) is 14.3 Å². The number of ether oxygens (including phenoxy) is 2. The molecule has 0 bridgehead atoms. The Morgan fingerprint density at radius 1 is 0.636 bits per heavy atom. The fourth-order valence-corrected chi connectivity index (χ4v) is 6.86. The highest BCUT2D eigenvalue weighted by Gasteiger charge is 2.44. The van der Waals surface area contributed by atoms with E-state index < -0.39 is 49.5 Å². The second kappa shape index (κ2) is 36.5. The Labute approximate surface area is 335 Å². The van der Waals surface area contributed by atoms with Gasteiger partial charge in [-0.05, 0) is 51.4 Å². The molecule has 9 heteroatoms. The molecule has 1 fully saturated rings. The fourth-order valence-electron chi connectivity index (χ4n) is 6.86. The van der Waals surface area contributed by atoms with Gasteiger partial charge in [-0.2, -0.15) is 0 Å². The van der Waals surface area contributed by atoms with Crippen LogP contribution in [-0.4, -0.2) is 87.5 Å². The van der Waals surface area contributed by atoms with Gasteiger partial charge in [-0.15, -0.1) is 0 Å². The molecular formula is C46H83NO8. The third-order valence-electron chi connectivity index (χ3n) is 10.4. The first kappa shape index (κ1) is 51.2. The second-order valence-electron chi connectivity index (χ2n) is 15.5. The van der Waals surface area contributed by atoms with Crippen molar-refractivity contribution in [3.05, 3.63) is 48.6 Å². The molecule has 1 aliphatic rings. The van der Waals surface area contributed by atoms with E-state index >= 15 is 0 Å². The van der Waals surface area contributed by atoms with Gasteiger partial charge >= 0.3 is 0 Å². The molecule has 0 saturated carbocycles. The molecule has 1 rings (SSSR count). The van der Waals surface area contributed by atoms with Crippen molar-refractivity contribution >= 4 is 5.91 Å². The van der Waals surface area contributed by atoms with Crippen LogP contribution in [0.2, 0.25) is 0 Å². The number of allylic oxidation sites excluding steroid dienone is 8. The number of carbonyl (C=O) groups excluding carboxylic acids is 1. The largest absolute Gasteiger partial charge is 0.394 e. The van der Waals surface area contributed by atoms with Gasteiger partial charge in [-0.25, -0.2) is 0 Å². The van der Waals surface area contributed by atoms with Crippen LogP contribution in [0.1, 0.15) is 181 Å². The third kappa shape index (κ3) is 27.4. The Balaban J connectivity index is 2.37. The van der Waals surface area contributed by atoms with E-state index in [9.17, 15) is 30.3 Å². The standard InChI is InChI=1S/C46H83NO8/c1-3-5-7-9-11-13-15-17-19-20-22-24-26-28-30-32-34-36-42(50)47-39(38-54-46-45(53)44(52)43(51)41(37-48)55-46)40(49)35-33-31-29-27-25-23-21-18-16-14-12-10-8-6-4-2/h5,7,11,13,17,19,22,24,39-41,43-46,48-49,51-53H,3-4,6,8-10,12,14-16,18,20-21,23,25-38H2,1-2H3,(H,47,50)/b7-5-,13-11-,19-17-,24-22-. The maximum Gasteiger partial charge on any atom is 0.220 e. The fraction of sp³-hybridized carbons (Fsp3) is 0.804. The molecule has 7 unspecified atom stereocenters. The summed E-state index contributed by atoms with van der Waals surface area (Å²) in [6.45, 7) is 3.69. The molecule has 0 aromatic heterocycles. The maximum atomic E-state index is 13.0. The van der Waals surface area contributed by atoms with E-state index in [2.05, 4.69) is 67.8 Å². The van der Waals surface area contributed by atoms with Crippen molar-refractivity contribution in [2.45, 2.75) is 224 Å². The summed E-state index contributed by atoms with van der Waals surface area (Å²) in [6.07, 6.45) is 38.2. The van der Waals surface area contributed by atoms with Gasteiger partial charge in [0.2, 0.25) is 5.91 Å². The molecule has 1 amide bonds. The van der Waals surface area contributed by atoms with Crippen molar-refractivity contribution in [2.24, 2.45) is 0 Å². The molecule has 1 heterocycles. The highest BCUT2D eigenvalue weighted by Crippen LogP contribution is 2.23. The average molecular weight is 778 g/mol. The Bertz CT molecular complexity index is 998. The molecule has 0 radical (unpaired) electrons. The molecule has 0 spiro atoms. The van der Waals surface area contributed by atoms with Crippen molar-refractivity contribution < 1.29 is 39.8 Å². The first-order valence-corrected chi connectivity index (χ1v) is 22.3. The van der Waals surface area contributed by atoms with Gasteiger partial charge in [0.25, 0.3) is 0 Å². The predicted octanol–water partition coefficient (Wildman–Crippen LogP) is 9.06. The molecular weight excluding hydrogens is 695 g/mol. The van der Waals surface area contributed by atoms with Crippen LogP contribution in [0, 0.1) is 0 Å². The molecule has 7 atom stereocenters. The van der Waals surface area contributed by atoms with Crippen LogP contribution in [0.5, 0.6) is 0 Å². The number of hydrogen-bond acceptors (Lipinski definition) is 8. The van der Waals surface area contributed by atoms with Crippen LogP contribution < -0.4 is 5.32 Å². The SMILES string of the molecule is CC/C=C\C/C=C\C/C=C\C/C=C\CCCCCCC(=O)NC(COC1OC(CO)C(O)C(O)C1O)C(O)CCCCCCCCCCCCCCCCC. The Morgan fingerprint density at radius 2 is 1.13 bits per heavy atom. The molecule has 0 aliphatic carbocycles. The number of carbonyl (C=O) groups is 1. The number of rotatable bonds is 36. The number of nitrogens with one attached hydrogen (secondary N) is 1. The quantitative estimate of drug-likeness (QED) is 0.0273. The predicted molar refractivity (Wildman–Crippen MR) is 226 cm³/mol. The molecule has 320 valence electrons. The normalized spacial score (nSPS) is 21.8. The maximum absolute atomic E-state index is 13.0. The van der Waals surface area contributed by atoms with E-state index in [1.54, 1.807) is 0 Å². The van der Waals surface area contributed by atoms with Crippen molar-refractivity contribution in [1.82, 2.24) is 5.32 Å². The zero-order valence-corrected chi connectivity index (χ0v) is 34.9. The third-order valence-corrected chi connectivity index (χ3v) is 10.4. The Hall–Kier alpha value is -1.85. The summed E-state index contributed by atoms with van der Waals surface area (Å²) in [5.74, 6) is -0.170. The van der Waals surface area contributed by atoms with Crippen molar-refractivity contribution in [2.75, 3.05) is 13.2 Å². The minimum absolute atomic E-state index is 0.150. The molecule has 55 heavy (non-hydrogen) atoms. The Kier molecular flexibility index (Phi) is 33.9. The number of amides is 1. The summed E-state index contributed by atoms with van der Waals surface area (Å²) < 4.78 is 11.2. The second-order valence-corrected chi connectivity index (χ2v) is 15.5. The van der Waals surface area contributed by atoms with Gasteiger partial charge < -0.3 is 40.3 Å². The lowest BCUT2D eigenvalue weighted by Gasteiger charge is -2.40. The summed E-state index contributed by atoms with van der Waals surface area (Å²) in [5, 5.41) is 54.3. The molecule has 1 saturated heterocycles. The smallest absolute Gasteiger partial charge is 0.220 e. The van der Waals surface area contributed by atoms with Gasteiger partial charge in [-0.3, -0.25) is 4.79 Å². The zero-order chi connectivity index (χ0) is 40.2. The minimum atomic E-state index is -1.56. The summed E-state index contributed by atoms with van der Waals surface area (Å²) in [7, 11) is 0. The number of aliphatic hydroxyl groups excluding tert-OH is 5. The highest BCUT2D eigenvalue weighted by atomic mass is 16.7. The molecule has 0 aromatic carbocycles. The van der Waals surface area contributed by atoms with E-state index in [4.69, 9.17) is 9.47 Å². The van der Waals surface area contributed by atoms with Crippen molar-refractivity contribution in [1.29, 1.82) is 0 Å². The first-order valence-electron chi connectivity index (χ1n) is 22.3. The summed E-state index contributed by atoms with van der Waals surface area (Å²) in [4.78, 5) is 13.0. The molecule has 1 aliphatic heterocycles. The van der Waals surface area contributed by atoms with Crippen LogP contribution >= 0.6 is 0 Å². The molecule has 9 nitrogen and oxygen atoms in total. The van der Waals surface area contributed by atoms with Gasteiger partial charge in [0.15, 0.2) is 6.29 Å². The van der Waals surface area contributed by atoms with Crippen LogP contribution in [0.3, 0.4) is 0 Å². The van der Waals surface area contributed by atoms with Crippen LogP contribution in [0.4, 0.5) is 0 Å². The zero-order valence-electron chi connectivity index (χ0n) is 34.9. The summed E-state index contributed by atoms with van der Waals surface area (Å²) >= 11 is 0. The van der Waals surface area contributed by atoms with Gasteiger partial charge in [-0.1, -0.05) is 172 Å². The van der Waals surface area contributed by atoms with Gasteiger partial charge in [0, 0.05) is 6.42 Å². The van der Waals surface area contributed by atoms with E-state index in [0.717, 1.165) is 77.0 Å². The topological polar surface area (TPSA) is 149 Å². The highest BCUT2D eigenvalue weighted by molar-refractivity contribution is 5.76. The van der Waals surface area contributed by atoms with E-state index in [1.165, 1.54) is 77.0 Å².